The van der Waals surface area contributed by atoms with Crippen molar-refractivity contribution in [2.75, 3.05) is 25.0 Å². The normalized spacial score (nSPS) is 20.5. The monoisotopic (exact) mass is 296 g/mol. The van der Waals surface area contributed by atoms with Crippen molar-refractivity contribution in [3.05, 3.63) is 24.3 Å². The first kappa shape index (κ1) is 15.3. The molecule has 1 aromatic rings. The SMILES string of the molecule is CCNc1ccc(S(=O)(=O)N2CCC(C(C)C)C2)cc1. The maximum Gasteiger partial charge on any atom is 0.243 e. The minimum atomic E-state index is -3.33. The highest BCUT2D eigenvalue weighted by Crippen LogP contribution is 2.28. The molecule has 1 fully saturated rings. The van der Waals surface area contributed by atoms with Crippen LogP contribution in [0.4, 0.5) is 5.69 Å². The van der Waals surface area contributed by atoms with Gasteiger partial charge in [-0.1, -0.05) is 13.8 Å². The highest BCUT2D eigenvalue weighted by molar-refractivity contribution is 7.89. The third-order valence-electron chi connectivity index (χ3n) is 4.00. The Hall–Kier alpha value is -1.07. The predicted molar refractivity (Wildman–Crippen MR) is 82.3 cm³/mol. The van der Waals surface area contributed by atoms with Crippen molar-refractivity contribution in [1.82, 2.24) is 4.31 Å². The molecule has 112 valence electrons. The average Bonchev–Trinajstić information content (AvgIpc) is 2.90. The summed E-state index contributed by atoms with van der Waals surface area (Å²) < 4.78 is 26.8. The molecule has 1 heterocycles. The first-order valence-electron chi connectivity index (χ1n) is 7.29. The summed E-state index contributed by atoms with van der Waals surface area (Å²) in [6, 6.07) is 7.03. The molecule has 4 nitrogen and oxygen atoms in total. The van der Waals surface area contributed by atoms with Gasteiger partial charge in [0, 0.05) is 25.3 Å². The lowest BCUT2D eigenvalue weighted by Gasteiger charge is -2.18. The Labute approximate surface area is 122 Å². The van der Waals surface area contributed by atoms with Crippen LogP contribution in [-0.2, 0) is 10.0 Å². The molecule has 1 unspecified atom stereocenters. The van der Waals surface area contributed by atoms with Gasteiger partial charge in [-0.25, -0.2) is 8.42 Å². The van der Waals surface area contributed by atoms with Crippen LogP contribution in [0.3, 0.4) is 0 Å². The molecule has 0 bridgehead atoms. The van der Waals surface area contributed by atoms with Gasteiger partial charge in [0.25, 0.3) is 0 Å². The molecule has 0 amide bonds. The van der Waals surface area contributed by atoms with E-state index in [0.29, 0.717) is 29.8 Å². The van der Waals surface area contributed by atoms with Crippen molar-refractivity contribution in [3.8, 4) is 0 Å². The van der Waals surface area contributed by atoms with Crippen LogP contribution in [0.5, 0.6) is 0 Å². The summed E-state index contributed by atoms with van der Waals surface area (Å²) in [6.45, 7) is 8.45. The molecule has 1 atom stereocenters. The van der Waals surface area contributed by atoms with Crippen LogP contribution < -0.4 is 5.32 Å². The van der Waals surface area contributed by atoms with Crippen molar-refractivity contribution in [2.24, 2.45) is 11.8 Å². The molecule has 0 radical (unpaired) electrons. The van der Waals surface area contributed by atoms with E-state index in [1.165, 1.54) is 0 Å². The summed E-state index contributed by atoms with van der Waals surface area (Å²) in [7, 11) is -3.33. The summed E-state index contributed by atoms with van der Waals surface area (Å²) in [5.41, 5.74) is 0.952. The molecule has 0 spiro atoms. The average molecular weight is 296 g/mol. The first-order valence-corrected chi connectivity index (χ1v) is 8.73. The van der Waals surface area contributed by atoms with E-state index in [0.717, 1.165) is 18.7 Å². The van der Waals surface area contributed by atoms with Crippen molar-refractivity contribution in [1.29, 1.82) is 0 Å². The summed E-state index contributed by atoms with van der Waals surface area (Å²) in [5, 5.41) is 3.17. The van der Waals surface area contributed by atoms with E-state index < -0.39 is 10.0 Å². The lowest BCUT2D eigenvalue weighted by molar-refractivity contribution is 0.388. The Morgan fingerprint density at radius 1 is 1.30 bits per heavy atom. The number of anilines is 1. The third kappa shape index (κ3) is 3.15. The van der Waals surface area contributed by atoms with Gasteiger partial charge >= 0.3 is 0 Å². The van der Waals surface area contributed by atoms with E-state index in [2.05, 4.69) is 19.2 Å². The molecule has 0 aliphatic carbocycles. The van der Waals surface area contributed by atoms with Gasteiger partial charge in [0.2, 0.25) is 10.0 Å². The van der Waals surface area contributed by atoms with Crippen LogP contribution in [0.15, 0.2) is 29.2 Å². The highest BCUT2D eigenvalue weighted by atomic mass is 32.2. The van der Waals surface area contributed by atoms with Gasteiger partial charge in [0.05, 0.1) is 4.90 Å². The molecule has 1 saturated heterocycles. The quantitative estimate of drug-likeness (QED) is 0.909. The van der Waals surface area contributed by atoms with E-state index in [1.54, 1.807) is 16.4 Å². The number of sulfonamides is 1. The van der Waals surface area contributed by atoms with Gasteiger partial charge in [-0.15, -0.1) is 0 Å². The molecule has 20 heavy (non-hydrogen) atoms. The highest BCUT2D eigenvalue weighted by Gasteiger charge is 2.33. The fourth-order valence-electron chi connectivity index (χ4n) is 2.61. The van der Waals surface area contributed by atoms with Gasteiger partial charge in [0.1, 0.15) is 0 Å². The Morgan fingerprint density at radius 3 is 2.45 bits per heavy atom. The number of benzene rings is 1. The van der Waals surface area contributed by atoms with Crippen molar-refractivity contribution < 1.29 is 8.42 Å². The summed E-state index contributed by atoms with van der Waals surface area (Å²) >= 11 is 0. The fraction of sp³-hybridized carbons (Fsp3) is 0.600. The second-order valence-electron chi connectivity index (χ2n) is 5.71. The molecular weight excluding hydrogens is 272 g/mol. The van der Waals surface area contributed by atoms with Crippen LogP contribution >= 0.6 is 0 Å². The Bertz CT molecular complexity index is 537. The standard InChI is InChI=1S/C15H24N2O2S/c1-4-16-14-5-7-15(8-6-14)20(18,19)17-10-9-13(11-17)12(2)3/h5-8,12-13,16H,4,9-11H2,1-3H3. The lowest BCUT2D eigenvalue weighted by atomic mass is 9.96. The molecule has 1 aromatic carbocycles. The molecule has 0 saturated carbocycles. The van der Waals surface area contributed by atoms with E-state index >= 15 is 0 Å². The number of nitrogens with zero attached hydrogens (tertiary/aromatic N) is 1. The second kappa shape index (κ2) is 6.14. The number of hydrogen-bond donors (Lipinski definition) is 1. The summed E-state index contributed by atoms with van der Waals surface area (Å²) in [4.78, 5) is 0.392. The molecular formula is C15H24N2O2S. The van der Waals surface area contributed by atoms with E-state index in [9.17, 15) is 8.42 Å². The maximum atomic E-state index is 12.6. The zero-order valence-corrected chi connectivity index (χ0v) is 13.3. The van der Waals surface area contributed by atoms with Crippen molar-refractivity contribution >= 4 is 15.7 Å². The third-order valence-corrected chi connectivity index (χ3v) is 5.88. The number of nitrogens with one attached hydrogen (secondary N) is 1. The van der Waals surface area contributed by atoms with Crippen molar-refractivity contribution in [2.45, 2.75) is 32.1 Å². The Balaban J connectivity index is 2.14. The zero-order chi connectivity index (χ0) is 14.8. The molecule has 5 heteroatoms. The molecule has 2 rings (SSSR count). The maximum absolute atomic E-state index is 12.6. The predicted octanol–water partition coefficient (Wildman–Crippen LogP) is 2.79. The fourth-order valence-corrected chi connectivity index (χ4v) is 4.13. The molecule has 0 aromatic heterocycles. The topological polar surface area (TPSA) is 49.4 Å². The minimum Gasteiger partial charge on any atom is -0.385 e. The Morgan fingerprint density at radius 2 is 1.95 bits per heavy atom. The van der Waals surface area contributed by atoms with Gasteiger partial charge in [-0.3, -0.25) is 0 Å². The summed E-state index contributed by atoms with van der Waals surface area (Å²) in [5.74, 6) is 1.01. The van der Waals surface area contributed by atoms with Gasteiger partial charge in [0.15, 0.2) is 0 Å². The Kier molecular flexibility index (Phi) is 4.70. The first-order chi connectivity index (χ1) is 9.45. The van der Waals surface area contributed by atoms with Crippen molar-refractivity contribution in [3.63, 3.8) is 0 Å². The van der Waals surface area contributed by atoms with Crippen LogP contribution in [-0.4, -0.2) is 32.4 Å². The lowest BCUT2D eigenvalue weighted by Crippen LogP contribution is -2.29. The second-order valence-corrected chi connectivity index (χ2v) is 7.65. The van der Waals surface area contributed by atoms with E-state index in [-0.39, 0.29) is 0 Å². The molecule has 1 N–H and O–H groups in total. The molecule has 1 aliphatic heterocycles. The largest absolute Gasteiger partial charge is 0.385 e. The molecule has 1 aliphatic rings. The summed E-state index contributed by atoms with van der Waals surface area (Å²) in [6.07, 6.45) is 0.965. The van der Waals surface area contributed by atoms with Crippen LogP contribution in [0.1, 0.15) is 27.2 Å². The number of rotatable bonds is 5. The van der Waals surface area contributed by atoms with Gasteiger partial charge in [-0.05, 0) is 49.4 Å². The van der Waals surface area contributed by atoms with Gasteiger partial charge in [-0.2, -0.15) is 4.31 Å². The van der Waals surface area contributed by atoms with Crippen LogP contribution in [0.2, 0.25) is 0 Å². The van der Waals surface area contributed by atoms with Gasteiger partial charge < -0.3 is 5.32 Å². The zero-order valence-electron chi connectivity index (χ0n) is 12.5. The van der Waals surface area contributed by atoms with Crippen LogP contribution in [0.25, 0.3) is 0 Å². The van der Waals surface area contributed by atoms with E-state index in [4.69, 9.17) is 0 Å². The minimum absolute atomic E-state index is 0.392. The van der Waals surface area contributed by atoms with Crippen LogP contribution in [0, 0.1) is 11.8 Å². The van der Waals surface area contributed by atoms with E-state index in [1.807, 2.05) is 19.1 Å². The number of hydrogen-bond acceptors (Lipinski definition) is 3. The smallest absolute Gasteiger partial charge is 0.243 e.